The van der Waals surface area contributed by atoms with E-state index >= 15 is 0 Å². The van der Waals surface area contributed by atoms with Crippen molar-refractivity contribution in [2.24, 2.45) is 0 Å². The Morgan fingerprint density at radius 3 is 2.44 bits per heavy atom. The number of ketones is 1. The molecule has 0 atom stereocenters. The molecule has 0 N–H and O–H groups in total. The zero-order valence-corrected chi connectivity index (χ0v) is 9.14. The van der Waals surface area contributed by atoms with Crippen LogP contribution >= 0.6 is 0 Å². The molecule has 2 aromatic rings. The molecule has 0 aliphatic carbocycles. The first-order valence-electron chi connectivity index (χ1n) is 4.92. The van der Waals surface area contributed by atoms with Gasteiger partial charge in [0.1, 0.15) is 0 Å². The number of hydrogen-bond donors (Lipinski definition) is 0. The summed E-state index contributed by atoms with van der Waals surface area (Å²) in [5.41, 5.74) is 2.36. The molecule has 80 valence electrons. The summed E-state index contributed by atoms with van der Waals surface area (Å²) in [6, 6.07) is 1.79. The standard InChI is InChI=1S/C12H11N3O/c1-8-5-14-12(15-6-8)11(16)10-7-13-4-3-9(10)2/h3-7H,1-2H3. The summed E-state index contributed by atoms with van der Waals surface area (Å²) in [4.78, 5) is 24.0. The fourth-order valence-corrected chi connectivity index (χ4v) is 1.33. The highest BCUT2D eigenvalue weighted by Crippen LogP contribution is 2.09. The maximum atomic E-state index is 12.0. The largest absolute Gasteiger partial charge is 0.285 e. The zero-order chi connectivity index (χ0) is 11.5. The number of hydrogen-bond acceptors (Lipinski definition) is 4. The molecule has 0 radical (unpaired) electrons. The highest BCUT2D eigenvalue weighted by molar-refractivity contribution is 6.07. The van der Waals surface area contributed by atoms with Crippen molar-refractivity contribution in [3.8, 4) is 0 Å². The van der Waals surface area contributed by atoms with E-state index in [9.17, 15) is 4.79 Å². The van der Waals surface area contributed by atoms with E-state index in [0.29, 0.717) is 5.56 Å². The Bertz CT molecular complexity index is 520. The summed E-state index contributed by atoms with van der Waals surface area (Å²) in [6.07, 6.45) is 6.46. The van der Waals surface area contributed by atoms with Gasteiger partial charge in [0.25, 0.3) is 0 Å². The van der Waals surface area contributed by atoms with Crippen LogP contribution in [0.4, 0.5) is 0 Å². The molecule has 2 rings (SSSR count). The van der Waals surface area contributed by atoms with E-state index in [-0.39, 0.29) is 11.6 Å². The summed E-state index contributed by atoms with van der Waals surface area (Å²) < 4.78 is 0. The number of carbonyl (C=O) groups excluding carboxylic acids is 1. The minimum absolute atomic E-state index is 0.189. The Balaban J connectivity index is 2.40. The summed E-state index contributed by atoms with van der Waals surface area (Å²) in [5, 5.41) is 0. The predicted octanol–water partition coefficient (Wildman–Crippen LogP) is 1.72. The fraction of sp³-hybridized carbons (Fsp3) is 0.167. The van der Waals surface area contributed by atoms with Crippen molar-refractivity contribution in [1.29, 1.82) is 0 Å². The molecule has 4 heteroatoms. The molecule has 0 spiro atoms. The summed E-state index contributed by atoms with van der Waals surface area (Å²) in [7, 11) is 0. The average Bonchev–Trinajstić information content (AvgIpc) is 2.30. The second-order valence-electron chi connectivity index (χ2n) is 3.60. The molecule has 0 amide bonds. The van der Waals surface area contributed by atoms with E-state index in [1.807, 2.05) is 13.8 Å². The van der Waals surface area contributed by atoms with Gasteiger partial charge in [-0.2, -0.15) is 0 Å². The molecular weight excluding hydrogens is 202 g/mol. The Morgan fingerprint density at radius 1 is 1.12 bits per heavy atom. The SMILES string of the molecule is Cc1cnc(C(=O)c2cnccc2C)nc1. The van der Waals surface area contributed by atoms with E-state index in [0.717, 1.165) is 11.1 Å². The summed E-state index contributed by atoms with van der Waals surface area (Å²) in [6.45, 7) is 3.74. The Kier molecular flexibility index (Phi) is 2.72. The Hall–Kier alpha value is -2.10. The zero-order valence-electron chi connectivity index (χ0n) is 9.14. The molecule has 0 unspecified atom stereocenters. The molecule has 0 aromatic carbocycles. The van der Waals surface area contributed by atoms with Crippen LogP contribution in [-0.4, -0.2) is 20.7 Å². The van der Waals surface area contributed by atoms with Crippen LogP contribution in [0.15, 0.2) is 30.9 Å². The van der Waals surface area contributed by atoms with Gasteiger partial charge < -0.3 is 0 Å². The van der Waals surface area contributed by atoms with Crippen molar-refractivity contribution in [2.75, 3.05) is 0 Å². The summed E-state index contributed by atoms with van der Waals surface area (Å²) >= 11 is 0. The third kappa shape index (κ3) is 1.95. The van der Waals surface area contributed by atoms with E-state index in [1.165, 1.54) is 0 Å². The number of rotatable bonds is 2. The van der Waals surface area contributed by atoms with Crippen LogP contribution < -0.4 is 0 Å². The number of nitrogens with zero attached hydrogens (tertiary/aromatic N) is 3. The van der Waals surface area contributed by atoms with Crippen molar-refractivity contribution in [2.45, 2.75) is 13.8 Å². The highest BCUT2D eigenvalue weighted by Gasteiger charge is 2.13. The van der Waals surface area contributed by atoms with Gasteiger partial charge in [-0.15, -0.1) is 0 Å². The van der Waals surface area contributed by atoms with Gasteiger partial charge >= 0.3 is 0 Å². The first-order valence-corrected chi connectivity index (χ1v) is 4.92. The first-order chi connectivity index (χ1) is 7.68. The molecule has 16 heavy (non-hydrogen) atoms. The third-order valence-electron chi connectivity index (χ3n) is 2.27. The van der Waals surface area contributed by atoms with Gasteiger partial charge in [0.05, 0.1) is 0 Å². The quantitative estimate of drug-likeness (QED) is 0.713. The van der Waals surface area contributed by atoms with Gasteiger partial charge in [-0.3, -0.25) is 9.78 Å². The lowest BCUT2D eigenvalue weighted by molar-refractivity contribution is 0.102. The number of carbonyl (C=O) groups is 1. The van der Waals surface area contributed by atoms with Gasteiger partial charge in [-0.05, 0) is 31.0 Å². The maximum absolute atomic E-state index is 12.0. The highest BCUT2D eigenvalue weighted by atomic mass is 16.1. The molecule has 0 bridgehead atoms. The lowest BCUT2D eigenvalue weighted by atomic mass is 10.1. The Labute approximate surface area is 93.4 Å². The van der Waals surface area contributed by atoms with Gasteiger partial charge in [0, 0.05) is 30.4 Å². The van der Waals surface area contributed by atoms with Gasteiger partial charge in [0.15, 0.2) is 0 Å². The molecule has 0 aliphatic heterocycles. The van der Waals surface area contributed by atoms with E-state index < -0.39 is 0 Å². The average molecular weight is 213 g/mol. The van der Waals surface area contributed by atoms with Gasteiger partial charge in [-0.1, -0.05) is 0 Å². The van der Waals surface area contributed by atoms with Gasteiger partial charge in [-0.25, -0.2) is 9.97 Å². The third-order valence-corrected chi connectivity index (χ3v) is 2.27. The minimum Gasteiger partial charge on any atom is -0.285 e. The van der Waals surface area contributed by atoms with E-state index in [4.69, 9.17) is 0 Å². The van der Waals surface area contributed by atoms with E-state index in [1.54, 1.807) is 30.9 Å². The van der Waals surface area contributed by atoms with Crippen molar-refractivity contribution < 1.29 is 4.79 Å². The molecular formula is C12H11N3O. The predicted molar refractivity (Wildman–Crippen MR) is 59.2 cm³/mol. The van der Waals surface area contributed by atoms with Crippen LogP contribution in [0.3, 0.4) is 0 Å². The smallest absolute Gasteiger partial charge is 0.232 e. The number of aromatic nitrogens is 3. The second kappa shape index (κ2) is 4.18. The lowest BCUT2D eigenvalue weighted by Gasteiger charge is -2.02. The van der Waals surface area contributed by atoms with E-state index in [2.05, 4.69) is 15.0 Å². The lowest BCUT2D eigenvalue weighted by Crippen LogP contribution is -2.08. The number of aryl methyl sites for hydroxylation is 2. The molecule has 2 heterocycles. The van der Waals surface area contributed by atoms with Crippen LogP contribution in [0.5, 0.6) is 0 Å². The second-order valence-corrected chi connectivity index (χ2v) is 3.60. The monoisotopic (exact) mass is 213 g/mol. The molecule has 4 nitrogen and oxygen atoms in total. The fourth-order valence-electron chi connectivity index (χ4n) is 1.33. The topological polar surface area (TPSA) is 55.7 Å². The van der Waals surface area contributed by atoms with Crippen LogP contribution in [0.1, 0.15) is 27.3 Å². The molecule has 0 saturated heterocycles. The molecule has 0 aliphatic rings. The molecule has 0 fully saturated rings. The van der Waals surface area contributed by atoms with Crippen molar-refractivity contribution in [3.05, 3.63) is 53.4 Å². The van der Waals surface area contributed by atoms with Gasteiger partial charge in [0.2, 0.25) is 11.6 Å². The Morgan fingerprint density at radius 2 is 1.81 bits per heavy atom. The normalized spacial score (nSPS) is 10.1. The van der Waals surface area contributed by atoms with Crippen LogP contribution in [0.2, 0.25) is 0 Å². The maximum Gasteiger partial charge on any atom is 0.232 e. The van der Waals surface area contributed by atoms with Crippen molar-refractivity contribution >= 4 is 5.78 Å². The van der Waals surface area contributed by atoms with Crippen LogP contribution in [-0.2, 0) is 0 Å². The molecule has 2 aromatic heterocycles. The van der Waals surface area contributed by atoms with Crippen molar-refractivity contribution in [3.63, 3.8) is 0 Å². The van der Waals surface area contributed by atoms with Crippen molar-refractivity contribution in [1.82, 2.24) is 15.0 Å². The van der Waals surface area contributed by atoms with Crippen LogP contribution in [0.25, 0.3) is 0 Å². The summed E-state index contributed by atoms with van der Waals surface area (Å²) in [5.74, 6) is 0.0206. The first kappa shape index (κ1) is 10.4. The van der Waals surface area contributed by atoms with Crippen LogP contribution in [0, 0.1) is 13.8 Å². The molecule has 0 saturated carbocycles. The number of pyridine rings is 1. The minimum atomic E-state index is -0.189.